The molecular weight excluding hydrogens is 322 g/mol. The summed E-state index contributed by atoms with van der Waals surface area (Å²) in [6.45, 7) is 3.24. The van der Waals surface area contributed by atoms with Gasteiger partial charge < -0.3 is 10.1 Å². The number of hydrogen-bond acceptors (Lipinski definition) is 3. The van der Waals surface area contributed by atoms with Crippen LogP contribution in [0.25, 0.3) is 0 Å². The molecule has 1 saturated heterocycles. The molecular formula is C15H22BrNOS. The van der Waals surface area contributed by atoms with Crippen molar-refractivity contribution in [1.29, 1.82) is 0 Å². The first-order valence-electron chi connectivity index (χ1n) is 6.88. The molecule has 1 heterocycles. The highest BCUT2D eigenvalue weighted by molar-refractivity contribution is 9.10. The maximum atomic E-state index is 5.29. The SMILES string of the molecule is CCNC(Cc1ccc(OC)c(Br)c1)C1CCSC1. The topological polar surface area (TPSA) is 21.3 Å². The van der Waals surface area contributed by atoms with Crippen LogP contribution >= 0.6 is 27.7 Å². The second-order valence-corrected chi connectivity index (χ2v) is 6.97. The van der Waals surface area contributed by atoms with Gasteiger partial charge in [-0.25, -0.2) is 0 Å². The molecule has 0 aliphatic carbocycles. The quantitative estimate of drug-likeness (QED) is 0.850. The molecule has 0 spiro atoms. The lowest BCUT2D eigenvalue weighted by Crippen LogP contribution is -2.38. The first-order chi connectivity index (χ1) is 9.24. The van der Waals surface area contributed by atoms with Crippen LogP contribution in [0.4, 0.5) is 0 Å². The van der Waals surface area contributed by atoms with Crippen molar-refractivity contribution in [3.8, 4) is 5.75 Å². The Morgan fingerprint density at radius 1 is 1.53 bits per heavy atom. The molecule has 0 radical (unpaired) electrons. The third-order valence-electron chi connectivity index (χ3n) is 3.67. The average molecular weight is 344 g/mol. The number of halogens is 1. The van der Waals surface area contributed by atoms with E-state index in [0.717, 1.165) is 29.1 Å². The monoisotopic (exact) mass is 343 g/mol. The van der Waals surface area contributed by atoms with Crippen LogP contribution in [0.5, 0.6) is 5.75 Å². The molecule has 2 nitrogen and oxygen atoms in total. The van der Waals surface area contributed by atoms with Crippen LogP contribution in [-0.4, -0.2) is 31.2 Å². The van der Waals surface area contributed by atoms with E-state index in [1.807, 2.05) is 6.07 Å². The van der Waals surface area contributed by atoms with Gasteiger partial charge in [-0.05, 0) is 70.4 Å². The van der Waals surface area contributed by atoms with Gasteiger partial charge in [-0.3, -0.25) is 0 Å². The molecule has 19 heavy (non-hydrogen) atoms. The first kappa shape index (κ1) is 15.2. The van der Waals surface area contributed by atoms with Gasteiger partial charge in [0.15, 0.2) is 0 Å². The van der Waals surface area contributed by atoms with Crippen molar-refractivity contribution in [3.63, 3.8) is 0 Å². The summed E-state index contributed by atoms with van der Waals surface area (Å²) in [6.07, 6.45) is 2.45. The first-order valence-corrected chi connectivity index (χ1v) is 8.83. The van der Waals surface area contributed by atoms with Gasteiger partial charge in [0, 0.05) is 6.04 Å². The van der Waals surface area contributed by atoms with Crippen LogP contribution in [-0.2, 0) is 6.42 Å². The number of likely N-dealkylation sites (N-methyl/N-ethyl adjacent to an activating group) is 1. The van der Waals surface area contributed by atoms with E-state index in [1.165, 1.54) is 23.5 Å². The van der Waals surface area contributed by atoms with Crippen LogP contribution < -0.4 is 10.1 Å². The molecule has 2 rings (SSSR count). The van der Waals surface area contributed by atoms with Gasteiger partial charge in [-0.2, -0.15) is 11.8 Å². The highest BCUT2D eigenvalue weighted by Crippen LogP contribution is 2.30. The van der Waals surface area contributed by atoms with Gasteiger partial charge in [-0.1, -0.05) is 13.0 Å². The number of thioether (sulfide) groups is 1. The minimum Gasteiger partial charge on any atom is -0.496 e. The maximum Gasteiger partial charge on any atom is 0.133 e. The van der Waals surface area contributed by atoms with Crippen LogP contribution in [0.3, 0.4) is 0 Å². The molecule has 0 aromatic heterocycles. The molecule has 1 aliphatic rings. The van der Waals surface area contributed by atoms with E-state index in [1.54, 1.807) is 7.11 Å². The fourth-order valence-electron chi connectivity index (χ4n) is 2.63. The van der Waals surface area contributed by atoms with Crippen molar-refractivity contribution >= 4 is 27.7 Å². The summed E-state index contributed by atoms with van der Waals surface area (Å²) in [5.74, 6) is 4.33. The number of ether oxygens (including phenoxy) is 1. The molecule has 0 bridgehead atoms. The molecule has 2 atom stereocenters. The summed E-state index contributed by atoms with van der Waals surface area (Å²) in [4.78, 5) is 0. The Bertz CT molecular complexity index is 407. The number of benzene rings is 1. The van der Waals surface area contributed by atoms with Crippen LogP contribution in [0.2, 0.25) is 0 Å². The summed E-state index contributed by atoms with van der Waals surface area (Å²) < 4.78 is 6.33. The van der Waals surface area contributed by atoms with Gasteiger partial charge in [0.05, 0.1) is 11.6 Å². The summed E-state index contributed by atoms with van der Waals surface area (Å²) in [6, 6.07) is 7.01. The number of hydrogen-bond donors (Lipinski definition) is 1. The highest BCUT2D eigenvalue weighted by Gasteiger charge is 2.25. The zero-order valence-corrected chi connectivity index (χ0v) is 14.0. The summed E-state index contributed by atoms with van der Waals surface area (Å²) in [7, 11) is 1.71. The molecule has 0 amide bonds. The predicted molar refractivity (Wildman–Crippen MR) is 87.3 cm³/mol. The molecule has 2 unspecified atom stereocenters. The van der Waals surface area contributed by atoms with Crippen LogP contribution in [0.1, 0.15) is 18.9 Å². The van der Waals surface area contributed by atoms with Gasteiger partial charge in [-0.15, -0.1) is 0 Å². The minimum atomic E-state index is 0.597. The number of nitrogens with one attached hydrogen (secondary N) is 1. The second kappa shape index (κ2) is 7.55. The smallest absolute Gasteiger partial charge is 0.133 e. The third kappa shape index (κ3) is 4.14. The van der Waals surface area contributed by atoms with Crippen molar-refractivity contribution in [2.75, 3.05) is 25.2 Å². The Morgan fingerprint density at radius 2 is 2.37 bits per heavy atom. The van der Waals surface area contributed by atoms with Crippen LogP contribution in [0, 0.1) is 5.92 Å². The highest BCUT2D eigenvalue weighted by atomic mass is 79.9. The Hall–Kier alpha value is -0.190. The number of rotatable bonds is 6. The Labute approximate surface area is 128 Å². The normalized spacial score (nSPS) is 20.5. The molecule has 1 aliphatic heterocycles. The fraction of sp³-hybridized carbons (Fsp3) is 0.600. The molecule has 1 aromatic rings. The largest absolute Gasteiger partial charge is 0.496 e. The molecule has 106 valence electrons. The fourth-order valence-corrected chi connectivity index (χ4v) is 4.55. The van der Waals surface area contributed by atoms with E-state index < -0.39 is 0 Å². The average Bonchev–Trinajstić information content (AvgIpc) is 2.92. The van der Waals surface area contributed by atoms with E-state index in [9.17, 15) is 0 Å². The Morgan fingerprint density at radius 3 is 2.95 bits per heavy atom. The van der Waals surface area contributed by atoms with Crippen molar-refractivity contribution < 1.29 is 4.74 Å². The molecule has 1 aromatic carbocycles. The zero-order chi connectivity index (χ0) is 13.7. The maximum absolute atomic E-state index is 5.29. The lowest BCUT2D eigenvalue weighted by molar-refractivity contribution is 0.386. The lowest BCUT2D eigenvalue weighted by atomic mass is 9.93. The lowest BCUT2D eigenvalue weighted by Gasteiger charge is -2.24. The standard InChI is InChI=1S/C15H22BrNOS/c1-3-17-14(12-6-7-19-10-12)9-11-4-5-15(18-2)13(16)8-11/h4-5,8,12,14,17H,3,6-7,9-10H2,1-2H3. The van der Waals surface area contributed by atoms with Gasteiger partial charge in [0.1, 0.15) is 5.75 Å². The van der Waals surface area contributed by atoms with E-state index in [2.05, 4.69) is 52.1 Å². The van der Waals surface area contributed by atoms with Gasteiger partial charge in [0.2, 0.25) is 0 Å². The zero-order valence-electron chi connectivity index (χ0n) is 11.6. The summed E-state index contributed by atoms with van der Waals surface area (Å²) in [5.41, 5.74) is 1.37. The minimum absolute atomic E-state index is 0.597. The molecule has 1 N–H and O–H groups in total. The van der Waals surface area contributed by atoms with Crippen molar-refractivity contribution in [2.24, 2.45) is 5.92 Å². The van der Waals surface area contributed by atoms with E-state index >= 15 is 0 Å². The van der Waals surface area contributed by atoms with Crippen molar-refractivity contribution in [2.45, 2.75) is 25.8 Å². The summed E-state index contributed by atoms with van der Waals surface area (Å²) >= 11 is 5.66. The van der Waals surface area contributed by atoms with E-state index in [4.69, 9.17) is 4.74 Å². The van der Waals surface area contributed by atoms with Crippen molar-refractivity contribution in [1.82, 2.24) is 5.32 Å². The molecule has 1 fully saturated rings. The van der Waals surface area contributed by atoms with Gasteiger partial charge >= 0.3 is 0 Å². The molecule has 4 heteroatoms. The van der Waals surface area contributed by atoms with E-state index in [0.29, 0.717) is 6.04 Å². The van der Waals surface area contributed by atoms with Crippen LogP contribution in [0.15, 0.2) is 22.7 Å². The molecule has 0 saturated carbocycles. The third-order valence-corrected chi connectivity index (χ3v) is 5.48. The van der Waals surface area contributed by atoms with Gasteiger partial charge in [0.25, 0.3) is 0 Å². The van der Waals surface area contributed by atoms with E-state index in [-0.39, 0.29) is 0 Å². The number of methoxy groups -OCH3 is 1. The Kier molecular flexibility index (Phi) is 6.05. The Balaban J connectivity index is 2.05. The predicted octanol–water partition coefficient (Wildman–Crippen LogP) is 3.73. The summed E-state index contributed by atoms with van der Waals surface area (Å²) in [5, 5.41) is 3.66. The van der Waals surface area contributed by atoms with Crippen molar-refractivity contribution in [3.05, 3.63) is 28.2 Å². The second-order valence-electron chi connectivity index (χ2n) is 4.96.